The van der Waals surface area contributed by atoms with Crippen LogP contribution in [0.4, 0.5) is 11.4 Å². The number of anilines is 2. The summed E-state index contributed by atoms with van der Waals surface area (Å²) in [5.41, 5.74) is 2.78. The van der Waals surface area contributed by atoms with Gasteiger partial charge in [0.25, 0.3) is 5.91 Å². The van der Waals surface area contributed by atoms with Crippen molar-refractivity contribution in [2.45, 2.75) is 33.1 Å². The summed E-state index contributed by atoms with van der Waals surface area (Å²) < 4.78 is 10.4. The Labute approximate surface area is 172 Å². The quantitative estimate of drug-likeness (QED) is 0.620. The Morgan fingerprint density at radius 1 is 0.862 bits per heavy atom. The molecule has 2 amide bonds. The Balaban J connectivity index is 1.97. The highest BCUT2D eigenvalue weighted by Crippen LogP contribution is 2.24. The molecule has 0 saturated carbocycles. The van der Waals surface area contributed by atoms with Gasteiger partial charge in [0.05, 0.1) is 24.6 Å². The van der Waals surface area contributed by atoms with Crippen molar-refractivity contribution in [3.63, 3.8) is 0 Å². The van der Waals surface area contributed by atoms with E-state index in [1.807, 2.05) is 31.2 Å². The van der Waals surface area contributed by atoms with Gasteiger partial charge in [0.1, 0.15) is 6.61 Å². The van der Waals surface area contributed by atoms with Gasteiger partial charge in [-0.2, -0.15) is 0 Å². The molecule has 0 aliphatic rings. The summed E-state index contributed by atoms with van der Waals surface area (Å²) in [5.74, 6) is -0.530. The fraction of sp³-hybridized carbons (Fsp3) is 0.391. The normalized spacial score (nSPS) is 11.2. The summed E-state index contributed by atoms with van der Waals surface area (Å²) in [7, 11) is 0. The van der Waals surface area contributed by atoms with Crippen molar-refractivity contribution >= 4 is 23.2 Å². The maximum atomic E-state index is 12.6. The minimum absolute atomic E-state index is 0.0244. The topological polar surface area (TPSA) is 76.7 Å². The molecule has 0 saturated heterocycles. The smallest absolute Gasteiger partial charge is 0.255 e. The molecule has 156 valence electrons. The fourth-order valence-electron chi connectivity index (χ4n) is 2.63. The van der Waals surface area contributed by atoms with Crippen molar-refractivity contribution in [1.82, 2.24) is 0 Å². The zero-order valence-corrected chi connectivity index (χ0v) is 17.6. The van der Waals surface area contributed by atoms with Crippen LogP contribution in [0, 0.1) is 0 Å². The Bertz CT molecular complexity index is 810. The molecular formula is C23H30N2O4. The number of rotatable bonds is 9. The number of para-hydroxylation sites is 2. The molecule has 2 aromatic carbocycles. The zero-order chi connectivity index (χ0) is 21.3. The molecule has 0 radical (unpaired) electrons. The molecule has 0 spiro atoms. The van der Waals surface area contributed by atoms with Crippen LogP contribution in [-0.4, -0.2) is 38.2 Å². The predicted molar refractivity (Wildman–Crippen MR) is 115 cm³/mol. The Hall–Kier alpha value is -2.70. The summed E-state index contributed by atoms with van der Waals surface area (Å²) in [6.45, 7) is 9.61. The van der Waals surface area contributed by atoms with E-state index in [0.717, 1.165) is 5.56 Å². The van der Waals surface area contributed by atoms with Crippen molar-refractivity contribution in [3.8, 4) is 0 Å². The van der Waals surface area contributed by atoms with Gasteiger partial charge in [0.2, 0.25) is 5.91 Å². The number of nitrogens with one attached hydrogen (secondary N) is 2. The molecule has 6 heteroatoms. The van der Waals surface area contributed by atoms with E-state index in [1.165, 1.54) is 0 Å². The van der Waals surface area contributed by atoms with Gasteiger partial charge in [-0.15, -0.1) is 0 Å². The summed E-state index contributed by atoms with van der Waals surface area (Å²) in [6, 6.07) is 14.6. The first kappa shape index (κ1) is 22.6. The Morgan fingerprint density at radius 2 is 1.45 bits per heavy atom. The van der Waals surface area contributed by atoms with Crippen molar-refractivity contribution < 1.29 is 19.1 Å². The van der Waals surface area contributed by atoms with Gasteiger partial charge in [-0.1, -0.05) is 45.0 Å². The highest BCUT2D eigenvalue weighted by molar-refractivity contribution is 6.07. The van der Waals surface area contributed by atoms with Crippen molar-refractivity contribution in [3.05, 3.63) is 59.7 Å². The summed E-state index contributed by atoms with van der Waals surface area (Å²) in [6.07, 6.45) is 0. The molecule has 0 aliphatic carbocycles. The lowest BCUT2D eigenvalue weighted by Gasteiger charge is -2.19. The van der Waals surface area contributed by atoms with Crippen LogP contribution in [0.1, 0.15) is 43.6 Å². The van der Waals surface area contributed by atoms with E-state index in [4.69, 9.17) is 9.47 Å². The second-order valence-corrected chi connectivity index (χ2v) is 7.62. The van der Waals surface area contributed by atoms with Gasteiger partial charge in [0.15, 0.2) is 0 Å². The van der Waals surface area contributed by atoms with Crippen LogP contribution < -0.4 is 10.6 Å². The van der Waals surface area contributed by atoms with E-state index < -0.39 is 0 Å². The Kier molecular flexibility index (Phi) is 8.36. The maximum Gasteiger partial charge on any atom is 0.255 e. The predicted octanol–water partition coefficient (Wildman–Crippen LogP) is 4.23. The molecule has 29 heavy (non-hydrogen) atoms. The second-order valence-electron chi connectivity index (χ2n) is 7.62. The zero-order valence-electron chi connectivity index (χ0n) is 17.6. The molecule has 6 nitrogen and oxygen atoms in total. The van der Waals surface area contributed by atoms with Crippen LogP contribution in [0.2, 0.25) is 0 Å². The number of ether oxygens (including phenoxy) is 2. The number of benzene rings is 2. The molecule has 2 aromatic rings. The van der Waals surface area contributed by atoms with Gasteiger partial charge in [0, 0.05) is 12.2 Å². The summed E-state index contributed by atoms with van der Waals surface area (Å²) in [4.78, 5) is 24.7. The molecule has 2 rings (SSSR count). The van der Waals surface area contributed by atoms with Crippen LogP contribution in [0.25, 0.3) is 0 Å². The molecule has 0 unspecified atom stereocenters. The third-order valence-electron chi connectivity index (χ3n) is 4.27. The third kappa shape index (κ3) is 7.33. The van der Waals surface area contributed by atoms with Crippen LogP contribution in [0.5, 0.6) is 0 Å². The van der Waals surface area contributed by atoms with Gasteiger partial charge in [-0.25, -0.2) is 0 Å². The van der Waals surface area contributed by atoms with E-state index >= 15 is 0 Å². The van der Waals surface area contributed by atoms with Crippen molar-refractivity contribution in [2.24, 2.45) is 0 Å². The minimum atomic E-state index is -0.294. The lowest BCUT2D eigenvalue weighted by molar-refractivity contribution is -0.121. The summed E-state index contributed by atoms with van der Waals surface area (Å²) >= 11 is 0. The SMILES string of the molecule is CCOCCOCC(=O)Nc1ccccc1NC(=O)c1ccc(C(C)(C)C)cc1. The third-order valence-corrected chi connectivity index (χ3v) is 4.27. The molecule has 2 N–H and O–H groups in total. The van der Waals surface area contributed by atoms with Gasteiger partial charge in [-0.05, 0) is 42.2 Å². The maximum absolute atomic E-state index is 12.6. The van der Waals surface area contributed by atoms with Crippen LogP contribution >= 0.6 is 0 Å². The molecule has 0 atom stereocenters. The van der Waals surface area contributed by atoms with E-state index in [9.17, 15) is 9.59 Å². The molecule has 0 heterocycles. The van der Waals surface area contributed by atoms with Crippen LogP contribution in [0.3, 0.4) is 0 Å². The first-order chi connectivity index (χ1) is 13.8. The lowest BCUT2D eigenvalue weighted by Crippen LogP contribution is -2.21. The van der Waals surface area contributed by atoms with Crippen molar-refractivity contribution in [2.75, 3.05) is 37.1 Å². The fourth-order valence-corrected chi connectivity index (χ4v) is 2.63. The number of hydrogen-bond donors (Lipinski definition) is 2. The average Bonchev–Trinajstić information content (AvgIpc) is 2.68. The standard InChI is InChI=1S/C23H30N2O4/c1-5-28-14-15-29-16-21(26)24-19-8-6-7-9-20(19)25-22(27)17-10-12-18(13-11-17)23(2,3)4/h6-13H,5,14-16H2,1-4H3,(H,24,26)(H,25,27). The van der Waals surface area contributed by atoms with E-state index in [-0.39, 0.29) is 23.8 Å². The van der Waals surface area contributed by atoms with Gasteiger partial charge in [-0.3, -0.25) is 9.59 Å². The van der Waals surface area contributed by atoms with Gasteiger partial charge < -0.3 is 20.1 Å². The van der Waals surface area contributed by atoms with Crippen LogP contribution in [0.15, 0.2) is 48.5 Å². The first-order valence-corrected chi connectivity index (χ1v) is 9.77. The molecular weight excluding hydrogens is 368 g/mol. The van der Waals surface area contributed by atoms with E-state index in [0.29, 0.717) is 36.8 Å². The highest BCUT2D eigenvalue weighted by atomic mass is 16.5. The van der Waals surface area contributed by atoms with E-state index in [1.54, 1.807) is 24.3 Å². The average molecular weight is 399 g/mol. The molecule has 0 fully saturated rings. The summed E-state index contributed by atoms with van der Waals surface area (Å²) in [5, 5.41) is 5.63. The molecule has 0 aliphatic heterocycles. The molecule has 0 bridgehead atoms. The van der Waals surface area contributed by atoms with Crippen LogP contribution in [-0.2, 0) is 19.7 Å². The van der Waals surface area contributed by atoms with E-state index in [2.05, 4.69) is 31.4 Å². The number of hydrogen-bond acceptors (Lipinski definition) is 4. The number of carbonyl (C=O) groups excluding carboxylic acids is 2. The first-order valence-electron chi connectivity index (χ1n) is 9.77. The van der Waals surface area contributed by atoms with Crippen molar-refractivity contribution in [1.29, 1.82) is 0 Å². The minimum Gasteiger partial charge on any atom is -0.379 e. The largest absolute Gasteiger partial charge is 0.379 e. The Morgan fingerprint density at radius 3 is 2.03 bits per heavy atom. The number of carbonyl (C=O) groups is 2. The second kappa shape index (κ2) is 10.7. The highest BCUT2D eigenvalue weighted by Gasteiger charge is 2.15. The molecule has 0 aromatic heterocycles. The lowest BCUT2D eigenvalue weighted by atomic mass is 9.87. The monoisotopic (exact) mass is 398 g/mol. The number of amides is 2. The van der Waals surface area contributed by atoms with Gasteiger partial charge >= 0.3 is 0 Å².